The van der Waals surface area contributed by atoms with Crippen LogP contribution >= 0.6 is 0 Å². The third-order valence-electron chi connectivity index (χ3n) is 3.52. The molecule has 0 spiro atoms. The van der Waals surface area contributed by atoms with E-state index in [2.05, 4.69) is 19.2 Å². The standard InChI is InChI=1S/C16H26N2O2/c1-4-6-7-12(5-2)11-20-15-10-13(16(19)18-3)8-9-14(15)17/h8-10,12H,4-7,11,17H2,1-3H3,(H,18,19). The van der Waals surface area contributed by atoms with Crippen LogP contribution in [0, 0.1) is 5.92 Å². The SMILES string of the molecule is CCCCC(CC)COc1cc(C(=O)NC)ccc1N. The molecule has 112 valence electrons. The first-order valence-electron chi connectivity index (χ1n) is 7.36. The van der Waals surface area contributed by atoms with Gasteiger partial charge >= 0.3 is 0 Å². The molecule has 20 heavy (non-hydrogen) atoms. The monoisotopic (exact) mass is 278 g/mol. The smallest absolute Gasteiger partial charge is 0.251 e. The lowest BCUT2D eigenvalue weighted by Crippen LogP contribution is -2.18. The van der Waals surface area contributed by atoms with E-state index in [0.717, 1.165) is 6.42 Å². The van der Waals surface area contributed by atoms with Crippen molar-refractivity contribution in [2.45, 2.75) is 39.5 Å². The summed E-state index contributed by atoms with van der Waals surface area (Å²) in [4.78, 5) is 11.6. The van der Waals surface area contributed by atoms with E-state index in [1.54, 1.807) is 25.2 Å². The van der Waals surface area contributed by atoms with Gasteiger partial charge in [-0.1, -0.05) is 33.1 Å². The molecule has 3 N–H and O–H groups in total. The first-order chi connectivity index (χ1) is 9.62. The van der Waals surface area contributed by atoms with Gasteiger partial charge in [-0.15, -0.1) is 0 Å². The second kappa shape index (κ2) is 8.46. The van der Waals surface area contributed by atoms with Gasteiger partial charge in [0, 0.05) is 12.6 Å². The molecule has 0 saturated carbocycles. The first-order valence-corrected chi connectivity index (χ1v) is 7.36. The van der Waals surface area contributed by atoms with E-state index < -0.39 is 0 Å². The van der Waals surface area contributed by atoms with E-state index in [0.29, 0.717) is 29.5 Å². The molecule has 4 nitrogen and oxygen atoms in total. The van der Waals surface area contributed by atoms with Crippen molar-refractivity contribution in [1.29, 1.82) is 0 Å². The van der Waals surface area contributed by atoms with Crippen molar-refractivity contribution in [2.75, 3.05) is 19.4 Å². The van der Waals surface area contributed by atoms with Gasteiger partial charge in [0.15, 0.2) is 0 Å². The van der Waals surface area contributed by atoms with E-state index >= 15 is 0 Å². The molecule has 0 heterocycles. The molecule has 1 atom stereocenters. The average molecular weight is 278 g/mol. The minimum atomic E-state index is -0.132. The molecule has 0 aliphatic carbocycles. The molecule has 0 aliphatic heterocycles. The summed E-state index contributed by atoms with van der Waals surface area (Å²) in [5.74, 6) is 1.01. The van der Waals surface area contributed by atoms with Crippen molar-refractivity contribution in [2.24, 2.45) is 5.92 Å². The van der Waals surface area contributed by atoms with Gasteiger partial charge in [-0.25, -0.2) is 0 Å². The van der Waals surface area contributed by atoms with Gasteiger partial charge in [-0.3, -0.25) is 4.79 Å². The van der Waals surface area contributed by atoms with Gasteiger partial charge in [0.05, 0.1) is 12.3 Å². The van der Waals surface area contributed by atoms with Crippen LogP contribution in [-0.2, 0) is 0 Å². The number of nitrogen functional groups attached to an aromatic ring is 1. The number of nitrogens with two attached hydrogens (primary N) is 1. The van der Waals surface area contributed by atoms with E-state index in [-0.39, 0.29) is 5.91 Å². The molecule has 0 aromatic heterocycles. The van der Waals surface area contributed by atoms with Gasteiger partial charge in [0.2, 0.25) is 0 Å². The zero-order valence-electron chi connectivity index (χ0n) is 12.7. The molecular weight excluding hydrogens is 252 g/mol. The minimum absolute atomic E-state index is 0.132. The highest BCUT2D eigenvalue weighted by atomic mass is 16.5. The van der Waals surface area contributed by atoms with Crippen LogP contribution in [0.1, 0.15) is 49.9 Å². The van der Waals surface area contributed by atoms with Crippen molar-refractivity contribution in [1.82, 2.24) is 5.32 Å². The van der Waals surface area contributed by atoms with Crippen molar-refractivity contribution >= 4 is 11.6 Å². The maximum absolute atomic E-state index is 11.6. The molecule has 1 unspecified atom stereocenters. The zero-order chi connectivity index (χ0) is 15.0. The van der Waals surface area contributed by atoms with Crippen LogP contribution in [0.5, 0.6) is 5.75 Å². The van der Waals surface area contributed by atoms with Gasteiger partial charge in [0.25, 0.3) is 5.91 Å². The van der Waals surface area contributed by atoms with Crippen LogP contribution < -0.4 is 15.8 Å². The van der Waals surface area contributed by atoms with Crippen molar-refractivity contribution in [3.05, 3.63) is 23.8 Å². The topological polar surface area (TPSA) is 64.3 Å². The molecule has 0 fully saturated rings. The predicted molar refractivity (Wildman–Crippen MR) is 83.0 cm³/mol. The number of hydrogen-bond acceptors (Lipinski definition) is 3. The van der Waals surface area contributed by atoms with Gasteiger partial charge in [-0.05, 0) is 30.5 Å². The number of hydrogen-bond donors (Lipinski definition) is 2. The highest BCUT2D eigenvalue weighted by Gasteiger charge is 2.11. The number of unbranched alkanes of at least 4 members (excludes halogenated alkanes) is 1. The van der Waals surface area contributed by atoms with E-state index in [1.807, 2.05) is 0 Å². The molecule has 1 aromatic carbocycles. The van der Waals surface area contributed by atoms with Crippen LogP contribution in [0.3, 0.4) is 0 Å². The molecule has 1 aromatic rings. The number of nitrogens with one attached hydrogen (secondary N) is 1. The lowest BCUT2D eigenvalue weighted by Gasteiger charge is -2.17. The summed E-state index contributed by atoms with van der Waals surface area (Å²) in [5, 5.41) is 2.60. The van der Waals surface area contributed by atoms with Gasteiger partial charge in [0.1, 0.15) is 5.75 Å². The van der Waals surface area contributed by atoms with Crippen LogP contribution in [0.15, 0.2) is 18.2 Å². The highest BCUT2D eigenvalue weighted by molar-refractivity contribution is 5.95. The van der Waals surface area contributed by atoms with Crippen LogP contribution in [0.25, 0.3) is 0 Å². The summed E-state index contributed by atoms with van der Waals surface area (Å²) in [7, 11) is 1.61. The fraction of sp³-hybridized carbons (Fsp3) is 0.562. The van der Waals surface area contributed by atoms with Crippen molar-refractivity contribution in [3.63, 3.8) is 0 Å². The molecular formula is C16H26N2O2. The predicted octanol–water partition coefficient (Wildman–Crippen LogP) is 3.22. The average Bonchev–Trinajstić information content (AvgIpc) is 2.48. The third-order valence-corrected chi connectivity index (χ3v) is 3.52. The Hall–Kier alpha value is -1.71. The van der Waals surface area contributed by atoms with Gasteiger partial charge in [-0.2, -0.15) is 0 Å². The maximum Gasteiger partial charge on any atom is 0.251 e. The second-order valence-corrected chi connectivity index (χ2v) is 5.06. The molecule has 0 saturated heterocycles. The second-order valence-electron chi connectivity index (χ2n) is 5.06. The quantitative estimate of drug-likeness (QED) is 0.718. The normalized spacial score (nSPS) is 11.9. The van der Waals surface area contributed by atoms with Gasteiger partial charge < -0.3 is 15.8 Å². The molecule has 1 rings (SSSR count). The number of anilines is 1. The number of ether oxygens (including phenoxy) is 1. The Morgan fingerprint density at radius 1 is 1.40 bits per heavy atom. The van der Waals surface area contributed by atoms with Crippen LogP contribution in [0.4, 0.5) is 5.69 Å². The Kier molecular flexibility index (Phi) is 6.91. The first kappa shape index (κ1) is 16.3. The van der Waals surface area contributed by atoms with E-state index in [4.69, 9.17) is 10.5 Å². The van der Waals surface area contributed by atoms with Crippen LogP contribution in [-0.4, -0.2) is 19.6 Å². The maximum atomic E-state index is 11.6. The molecule has 0 aliphatic rings. The largest absolute Gasteiger partial charge is 0.491 e. The molecule has 4 heteroatoms. The number of carbonyl (C=O) groups excluding carboxylic acids is 1. The minimum Gasteiger partial charge on any atom is -0.491 e. The Balaban J connectivity index is 2.68. The fourth-order valence-corrected chi connectivity index (χ4v) is 2.05. The lowest BCUT2D eigenvalue weighted by molar-refractivity contribution is 0.0962. The van der Waals surface area contributed by atoms with Crippen molar-refractivity contribution < 1.29 is 9.53 Å². The highest BCUT2D eigenvalue weighted by Crippen LogP contribution is 2.24. The number of benzene rings is 1. The summed E-state index contributed by atoms with van der Waals surface area (Å²) in [6.07, 6.45) is 4.68. The molecule has 1 amide bonds. The van der Waals surface area contributed by atoms with Crippen molar-refractivity contribution in [3.8, 4) is 5.75 Å². The van der Waals surface area contributed by atoms with Crippen LogP contribution in [0.2, 0.25) is 0 Å². The third kappa shape index (κ3) is 4.76. The number of rotatable bonds is 8. The summed E-state index contributed by atoms with van der Waals surface area (Å²) >= 11 is 0. The molecule has 0 radical (unpaired) electrons. The van der Waals surface area contributed by atoms with E-state index in [1.165, 1.54) is 19.3 Å². The Labute approximate surface area is 121 Å². The summed E-state index contributed by atoms with van der Waals surface area (Å²) in [6, 6.07) is 5.13. The number of amides is 1. The Bertz CT molecular complexity index is 432. The zero-order valence-corrected chi connectivity index (χ0v) is 12.7. The molecule has 0 bridgehead atoms. The summed E-state index contributed by atoms with van der Waals surface area (Å²) in [6.45, 7) is 5.02. The number of carbonyl (C=O) groups is 1. The lowest BCUT2D eigenvalue weighted by atomic mass is 10.0. The summed E-state index contributed by atoms with van der Waals surface area (Å²) in [5.41, 5.74) is 7.04. The van der Waals surface area contributed by atoms with E-state index in [9.17, 15) is 4.79 Å². The summed E-state index contributed by atoms with van der Waals surface area (Å²) < 4.78 is 5.82. The Morgan fingerprint density at radius 3 is 2.75 bits per heavy atom. The fourth-order valence-electron chi connectivity index (χ4n) is 2.05. The Morgan fingerprint density at radius 2 is 2.15 bits per heavy atom.